The number of carbonyl (C=O) groups excluding carboxylic acids is 1. The number of methoxy groups -OCH3 is 1. The van der Waals surface area contributed by atoms with E-state index in [2.05, 4.69) is 22.8 Å². The van der Waals surface area contributed by atoms with E-state index in [0.717, 1.165) is 30.9 Å². The molecular formula is C19H26N2O3. The number of carbonyl (C=O) groups is 1. The molecule has 0 aromatic heterocycles. The van der Waals surface area contributed by atoms with Crippen LogP contribution in [0.2, 0.25) is 0 Å². The predicted molar refractivity (Wildman–Crippen MR) is 91.0 cm³/mol. The number of hydrogen-bond acceptors (Lipinski definition) is 4. The first kappa shape index (κ1) is 15.9. The third kappa shape index (κ3) is 2.80. The van der Waals surface area contributed by atoms with Gasteiger partial charge in [-0.2, -0.15) is 0 Å². The SMILES string of the molecule is COc1ccc(C2CC2)cc1CNC(=O)[C@]12CNC[C@H]1CCOC2. The second kappa shape index (κ2) is 6.37. The summed E-state index contributed by atoms with van der Waals surface area (Å²) in [5.74, 6) is 2.03. The van der Waals surface area contributed by atoms with Gasteiger partial charge in [0.25, 0.3) is 0 Å². The lowest BCUT2D eigenvalue weighted by atomic mass is 9.75. The lowest BCUT2D eigenvalue weighted by Crippen LogP contribution is -2.51. The van der Waals surface area contributed by atoms with E-state index in [1.165, 1.54) is 18.4 Å². The highest BCUT2D eigenvalue weighted by molar-refractivity contribution is 5.84. The Kier molecular flexibility index (Phi) is 4.22. The van der Waals surface area contributed by atoms with Crippen molar-refractivity contribution in [2.45, 2.75) is 31.7 Å². The van der Waals surface area contributed by atoms with Crippen molar-refractivity contribution in [3.8, 4) is 5.75 Å². The van der Waals surface area contributed by atoms with Crippen molar-refractivity contribution in [1.29, 1.82) is 0 Å². The van der Waals surface area contributed by atoms with Gasteiger partial charge in [-0.1, -0.05) is 12.1 Å². The first-order chi connectivity index (χ1) is 11.7. The third-order valence-corrected chi connectivity index (χ3v) is 5.83. The second-order valence-corrected chi connectivity index (χ2v) is 7.35. The van der Waals surface area contributed by atoms with Crippen LogP contribution >= 0.6 is 0 Å². The zero-order chi connectivity index (χ0) is 16.6. The highest BCUT2D eigenvalue weighted by Gasteiger charge is 2.50. The molecule has 24 heavy (non-hydrogen) atoms. The van der Waals surface area contributed by atoms with Crippen LogP contribution in [0.25, 0.3) is 0 Å². The normalized spacial score (nSPS) is 29.1. The minimum atomic E-state index is -0.403. The molecule has 130 valence electrons. The fraction of sp³-hybridized carbons (Fsp3) is 0.632. The van der Waals surface area contributed by atoms with Crippen LogP contribution in [0.3, 0.4) is 0 Å². The fourth-order valence-electron chi connectivity index (χ4n) is 4.13. The van der Waals surface area contributed by atoms with Gasteiger partial charge in [-0.15, -0.1) is 0 Å². The molecule has 0 bridgehead atoms. The highest BCUT2D eigenvalue weighted by atomic mass is 16.5. The van der Waals surface area contributed by atoms with Crippen LogP contribution in [-0.4, -0.2) is 39.3 Å². The van der Waals surface area contributed by atoms with Crippen LogP contribution in [0.15, 0.2) is 18.2 Å². The number of ether oxygens (including phenoxy) is 2. The van der Waals surface area contributed by atoms with Crippen molar-refractivity contribution < 1.29 is 14.3 Å². The molecule has 1 saturated carbocycles. The summed E-state index contributed by atoms with van der Waals surface area (Å²) in [7, 11) is 1.68. The van der Waals surface area contributed by atoms with Gasteiger partial charge in [0.05, 0.1) is 19.1 Å². The zero-order valence-corrected chi connectivity index (χ0v) is 14.3. The monoisotopic (exact) mass is 330 g/mol. The third-order valence-electron chi connectivity index (χ3n) is 5.83. The number of hydrogen-bond donors (Lipinski definition) is 2. The summed E-state index contributed by atoms with van der Waals surface area (Å²) >= 11 is 0. The number of benzene rings is 1. The van der Waals surface area contributed by atoms with Crippen molar-refractivity contribution in [2.24, 2.45) is 11.3 Å². The van der Waals surface area contributed by atoms with Gasteiger partial charge in [-0.05, 0) is 49.3 Å². The minimum absolute atomic E-state index is 0.107. The van der Waals surface area contributed by atoms with Crippen LogP contribution in [0, 0.1) is 11.3 Å². The lowest BCUT2D eigenvalue weighted by Gasteiger charge is -2.36. The standard InChI is InChI=1S/C19H26N2O3/c1-23-17-5-4-14(13-2-3-13)8-15(17)9-21-18(22)19-11-20-10-16(19)6-7-24-12-19/h4-5,8,13,16,20H,2-3,6-7,9-12H2,1H3,(H,21,22)/t16-,19+/m1/s1. The summed E-state index contributed by atoms with van der Waals surface area (Å²) in [5, 5.41) is 6.53. The Morgan fingerprint density at radius 3 is 3.08 bits per heavy atom. The topological polar surface area (TPSA) is 59.6 Å². The van der Waals surface area contributed by atoms with Crippen LogP contribution in [0.4, 0.5) is 0 Å². The maximum Gasteiger partial charge on any atom is 0.230 e. The maximum atomic E-state index is 12.9. The van der Waals surface area contributed by atoms with E-state index in [1.54, 1.807) is 7.11 Å². The molecule has 0 spiro atoms. The van der Waals surface area contributed by atoms with E-state index in [1.807, 2.05) is 6.07 Å². The van der Waals surface area contributed by atoms with Crippen molar-refractivity contribution in [2.75, 3.05) is 33.4 Å². The Hall–Kier alpha value is -1.59. The average molecular weight is 330 g/mol. The highest BCUT2D eigenvalue weighted by Crippen LogP contribution is 2.41. The van der Waals surface area contributed by atoms with E-state index in [4.69, 9.17) is 9.47 Å². The Balaban J connectivity index is 1.48. The van der Waals surface area contributed by atoms with E-state index in [-0.39, 0.29) is 5.91 Å². The molecule has 4 rings (SSSR count). The van der Waals surface area contributed by atoms with E-state index in [0.29, 0.717) is 31.5 Å². The van der Waals surface area contributed by atoms with Crippen molar-refractivity contribution in [1.82, 2.24) is 10.6 Å². The molecule has 2 atom stereocenters. The molecule has 2 N–H and O–H groups in total. The molecule has 3 fully saturated rings. The molecule has 1 aliphatic carbocycles. The molecule has 3 aliphatic rings. The number of rotatable bonds is 5. The fourth-order valence-corrected chi connectivity index (χ4v) is 4.13. The molecule has 0 radical (unpaired) electrons. The maximum absolute atomic E-state index is 12.9. The van der Waals surface area contributed by atoms with Crippen LogP contribution in [0.1, 0.15) is 36.3 Å². The van der Waals surface area contributed by atoms with E-state index >= 15 is 0 Å². The summed E-state index contributed by atoms with van der Waals surface area (Å²) in [4.78, 5) is 12.9. The van der Waals surface area contributed by atoms with Crippen molar-refractivity contribution >= 4 is 5.91 Å². The molecule has 0 unspecified atom stereocenters. The molecule has 5 heteroatoms. The number of nitrogens with one attached hydrogen (secondary N) is 2. The summed E-state index contributed by atoms with van der Waals surface area (Å²) < 4.78 is 11.1. The van der Waals surface area contributed by atoms with Gasteiger partial charge < -0.3 is 20.1 Å². The molecular weight excluding hydrogens is 304 g/mol. The first-order valence-corrected chi connectivity index (χ1v) is 8.96. The molecule has 5 nitrogen and oxygen atoms in total. The molecule has 2 heterocycles. The van der Waals surface area contributed by atoms with Crippen LogP contribution in [-0.2, 0) is 16.1 Å². The molecule has 1 aromatic rings. The number of amides is 1. The summed E-state index contributed by atoms with van der Waals surface area (Å²) in [6.07, 6.45) is 3.50. The average Bonchev–Trinajstić information content (AvgIpc) is 3.37. The Labute approximate surface area is 143 Å². The van der Waals surface area contributed by atoms with Gasteiger partial charge >= 0.3 is 0 Å². The first-order valence-electron chi connectivity index (χ1n) is 8.96. The van der Waals surface area contributed by atoms with Crippen LogP contribution < -0.4 is 15.4 Å². The summed E-state index contributed by atoms with van der Waals surface area (Å²) in [6, 6.07) is 6.36. The molecule has 2 aliphatic heterocycles. The Morgan fingerprint density at radius 2 is 2.29 bits per heavy atom. The van der Waals surface area contributed by atoms with Crippen molar-refractivity contribution in [3.63, 3.8) is 0 Å². The minimum Gasteiger partial charge on any atom is -0.496 e. The van der Waals surface area contributed by atoms with Crippen molar-refractivity contribution in [3.05, 3.63) is 29.3 Å². The Morgan fingerprint density at radius 1 is 1.42 bits per heavy atom. The van der Waals surface area contributed by atoms with Gasteiger partial charge in [-0.25, -0.2) is 0 Å². The molecule has 2 saturated heterocycles. The van der Waals surface area contributed by atoms with Gasteiger partial charge in [0.1, 0.15) is 5.75 Å². The molecule has 1 amide bonds. The Bertz CT molecular complexity index is 629. The lowest BCUT2D eigenvalue weighted by molar-refractivity contribution is -0.141. The summed E-state index contributed by atoms with van der Waals surface area (Å²) in [6.45, 7) is 3.42. The van der Waals surface area contributed by atoms with Gasteiger partial charge in [0, 0.05) is 25.3 Å². The van der Waals surface area contributed by atoms with E-state index in [9.17, 15) is 4.79 Å². The predicted octanol–water partition coefficient (Wildman–Crippen LogP) is 1.81. The zero-order valence-electron chi connectivity index (χ0n) is 14.3. The second-order valence-electron chi connectivity index (χ2n) is 7.35. The van der Waals surface area contributed by atoms with Crippen LogP contribution in [0.5, 0.6) is 5.75 Å². The van der Waals surface area contributed by atoms with E-state index < -0.39 is 5.41 Å². The number of fused-ring (bicyclic) bond motifs is 1. The quantitative estimate of drug-likeness (QED) is 0.864. The van der Waals surface area contributed by atoms with Gasteiger partial charge in [0.15, 0.2) is 0 Å². The molecule has 1 aromatic carbocycles. The largest absolute Gasteiger partial charge is 0.496 e. The smallest absolute Gasteiger partial charge is 0.230 e. The summed E-state index contributed by atoms with van der Waals surface area (Å²) in [5.41, 5.74) is 2.02. The van der Waals surface area contributed by atoms with Gasteiger partial charge in [-0.3, -0.25) is 4.79 Å². The van der Waals surface area contributed by atoms with Gasteiger partial charge in [0.2, 0.25) is 5.91 Å².